The third kappa shape index (κ3) is 5.89. The zero-order chi connectivity index (χ0) is 16.6. The van der Waals surface area contributed by atoms with Gasteiger partial charge in [0.25, 0.3) is 0 Å². The Labute approximate surface area is 130 Å². The Morgan fingerprint density at radius 3 is 2.18 bits per heavy atom. The fraction of sp³-hybridized carbons (Fsp3) is 0.533. The standard InChI is InChI=1S/C15H23O6P/c1-4-20-22(18,21-5-2)11-13(16)10-15(17)12-6-8-14(19-3)9-7-12/h6-9,15,17H,4-5,10-11H2,1-3H3. The van der Waals surface area contributed by atoms with Gasteiger partial charge in [-0.1, -0.05) is 12.1 Å². The summed E-state index contributed by atoms with van der Waals surface area (Å²) in [4.78, 5) is 12.0. The van der Waals surface area contributed by atoms with Gasteiger partial charge >= 0.3 is 7.60 Å². The predicted molar refractivity (Wildman–Crippen MR) is 83.3 cm³/mol. The Morgan fingerprint density at radius 2 is 1.73 bits per heavy atom. The highest BCUT2D eigenvalue weighted by atomic mass is 31.2. The minimum atomic E-state index is -3.42. The van der Waals surface area contributed by atoms with Crippen LogP contribution in [0.15, 0.2) is 24.3 Å². The van der Waals surface area contributed by atoms with Gasteiger partial charge in [-0.05, 0) is 31.5 Å². The van der Waals surface area contributed by atoms with Gasteiger partial charge in [-0.3, -0.25) is 9.36 Å². The quantitative estimate of drug-likeness (QED) is 0.664. The van der Waals surface area contributed by atoms with Crippen molar-refractivity contribution in [3.05, 3.63) is 29.8 Å². The van der Waals surface area contributed by atoms with Crippen molar-refractivity contribution in [2.24, 2.45) is 0 Å². The minimum Gasteiger partial charge on any atom is -0.497 e. The number of hydrogen-bond donors (Lipinski definition) is 1. The summed E-state index contributed by atoms with van der Waals surface area (Å²) < 4.78 is 27.4. The molecular formula is C15H23O6P. The number of hydrogen-bond acceptors (Lipinski definition) is 6. The monoisotopic (exact) mass is 330 g/mol. The molecule has 0 fully saturated rings. The smallest absolute Gasteiger partial charge is 0.338 e. The molecule has 0 aliphatic rings. The lowest BCUT2D eigenvalue weighted by Crippen LogP contribution is -2.13. The van der Waals surface area contributed by atoms with E-state index in [9.17, 15) is 14.5 Å². The number of rotatable bonds is 10. The summed E-state index contributed by atoms with van der Waals surface area (Å²) in [5.41, 5.74) is 0.594. The Bertz CT molecular complexity index is 503. The van der Waals surface area contributed by atoms with Gasteiger partial charge in [0.15, 0.2) is 0 Å². The lowest BCUT2D eigenvalue weighted by Gasteiger charge is -2.17. The van der Waals surface area contributed by atoms with E-state index in [4.69, 9.17) is 13.8 Å². The molecule has 6 nitrogen and oxygen atoms in total. The Kier molecular flexibility index (Phi) is 7.76. The topological polar surface area (TPSA) is 82.1 Å². The van der Waals surface area contributed by atoms with Gasteiger partial charge in [0.2, 0.25) is 0 Å². The van der Waals surface area contributed by atoms with Crippen molar-refractivity contribution in [1.82, 2.24) is 0 Å². The maximum Gasteiger partial charge on any atom is 0.338 e. The Hall–Kier alpha value is -1.20. The number of aliphatic hydroxyl groups excluding tert-OH is 1. The molecule has 1 unspecified atom stereocenters. The van der Waals surface area contributed by atoms with E-state index >= 15 is 0 Å². The highest BCUT2D eigenvalue weighted by Gasteiger charge is 2.28. The third-order valence-corrected chi connectivity index (χ3v) is 4.99. The summed E-state index contributed by atoms with van der Waals surface area (Å²) in [5, 5.41) is 10.1. The average molecular weight is 330 g/mol. The molecule has 0 aliphatic heterocycles. The van der Waals surface area contributed by atoms with Crippen molar-refractivity contribution < 1.29 is 28.3 Å². The first-order valence-electron chi connectivity index (χ1n) is 7.16. The van der Waals surface area contributed by atoms with Crippen LogP contribution in [-0.2, 0) is 18.4 Å². The number of ketones is 1. The molecule has 124 valence electrons. The number of Topliss-reactive ketones (excluding diaryl/α,β-unsaturated/α-hetero) is 1. The van der Waals surface area contributed by atoms with E-state index in [2.05, 4.69) is 0 Å². The summed E-state index contributed by atoms with van der Waals surface area (Å²) in [6, 6.07) is 6.77. The van der Waals surface area contributed by atoms with E-state index in [1.54, 1.807) is 45.2 Å². The van der Waals surface area contributed by atoms with Crippen LogP contribution < -0.4 is 4.74 Å². The highest BCUT2D eigenvalue weighted by Crippen LogP contribution is 2.48. The molecule has 0 saturated carbocycles. The largest absolute Gasteiger partial charge is 0.497 e. The zero-order valence-electron chi connectivity index (χ0n) is 13.2. The van der Waals surface area contributed by atoms with Crippen LogP contribution in [0.1, 0.15) is 31.9 Å². The van der Waals surface area contributed by atoms with E-state index in [1.165, 1.54) is 0 Å². The van der Waals surface area contributed by atoms with Gasteiger partial charge in [-0.15, -0.1) is 0 Å². The maximum atomic E-state index is 12.3. The van der Waals surface area contributed by atoms with E-state index in [1.807, 2.05) is 0 Å². The van der Waals surface area contributed by atoms with Gasteiger partial charge in [-0.25, -0.2) is 0 Å². The second-order valence-electron chi connectivity index (χ2n) is 4.64. The molecule has 1 rings (SSSR count). The van der Waals surface area contributed by atoms with Crippen LogP contribution in [0.4, 0.5) is 0 Å². The second-order valence-corrected chi connectivity index (χ2v) is 6.69. The summed E-state index contributed by atoms with van der Waals surface area (Å²) in [6.45, 7) is 3.77. The molecule has 1 atom stereocenters. The Balaban J connectivity index is 2.64. The molecule has 7 heteroatoms. The van der Waals surface area contributed by atoms with Gasteiger partial charge in [0, 0.05) is 6.42 Å². The van der Waals surface area contributed by atoms with Gasteiger partial charge < -0.3 is 18.9 Å². The summed E-state index contributed by atoms with van der Waals surface area (Å²) in [7, 11) is -1.87. The first-order valence-corrected chi connectivity index (χ1v) is 8.88. The maximum absolute atomic E-state index is 12.3. The molecule has 0 amide bonds. The van der Waals surface area contributed by atoms with E-state index in [0.29, 0.717) is 11.3 Å². The second kappa shape index (κ2) is 9.06. The van der Waals surface area contributed by atoms with Gasteiger partial charge in [0.1, 0.15) is 17.7 Å². The van der Waals surface area contributed by atoms with Gasteiger partial charge in [-0.2, -0.15) is 0 Å². The third-order valence-electron chi connectivity index (χ3n) is 2.94. The first-order chi connectivity index (χ1) is 10.4. The lowest BCUT2D eigenvalue weighted by atomic mass is 10.0. The molecule has 1 aromatic rings. The SMILES string of the molecule is CCOP(=O)(CC(=O)CC(O)c1ccc(OC)cc1)OCC. The fourth-order valence-electron chi connectivity index (χ4n) is 1.96. The highest BCUT2D eigenvalue weighted by molar-refractivity contribution is 7.54. The van der Waals surface area contributed by atoms with E-state index < -0.39 is 13.7 Å². The number of benzene rings is 1. The van der Waals surface area contributed by atoms with Crippen LogP contribution in [0, 0.1) is 0 Å². The van der Waals surface area contributed by atoms with Crippen molar-refractivity contribution in [3.63, 3.8) is 0 Å². The van der Waals surface area contributed by atoms with Crippen molar-refractivity contribution >= 4 is 13.4 Å². The number of methoxy groups -OCH3 is 1. The molecule has 0 heterocycles. The molecule has 0 aliphatic carbocycles. The molecular weight excluding hydrogens is 307 g/mol. The van der Waals surface area contributed by atoms with Crippen molar-refractivity contribution in [3.8, 4) is 5.75 Å². The van der Waals surface area contributed by atoms with E-state index in [0.717, 1.165) is 0 Å². The molecule has 0 bridgehead atoms. The number of carbonyl (C=O) groups is 1. The normalized spacial score (nSPS) is 12.9. The van der Waals surface area contributed by atoms with Gasteiger partial charge in [0.05, 0.1) is 26.4 Å². The van der Waals surface area contributed by atoms with Crippen molar-refractivity contribution in [1.29, 1.82) is 0 Å². The molecule has 1 N–H and O–H groups in total. The van der Waals surface area contributed by atoms with Crippen LogP contribution in [-0.4, -0.2) is 37.4 Å². The van der Waals surface area contributed by atoms with Crippen LogP contribution >= 0.6 is 7.60 Å². The molecule has 22 heavy (non-hydrogen) atoms. The first kappa shape index (κ1) is 18.8. The number of aliphatic hydroxyl groups is 1. The van der Waals surface area contributed by atoms with Crippen LogP contribution in [0.3, 0.4) is 0 Å². The van der Waals surface area contributed by atoms with Crippen LogP contribution in [0.5, 0.6) is 5.75 Å². The zero-order valence-corrected chi connectivity index (χ0v) is 14.0. The summed E-state index contributed by atoms with van der Waals surface area (Å²) in [6.07, 6.45) is -1.44. The fourth-order valence-corrected chi connectivity index (χ4v) is 3.57. The molecule has 0 saturated heterocycles. The predicted octanol–water partition coefficient (Wildman–Crippen LogP) is 2.95. The molecule has 0 radical (unpaired) electrons. The Morgan fingerprint density at radius 1 is 1.18 bits per heavy atom. The molecule has 0 aromatic heterocycles. The molecule has 0 spiro atoms. The van der Waals surface area contributed by atoms with E-state index in [-0.39, 0.29) is 31.6 Å². The lowest BCUT2D eigenvalue weighted by molar-refractivity contribution is -0.118. The summed E-state index contributed by atoms with van der Waals surface area (Å²) in [5.74, 6) is 0.299. The number of carbonyl (C=O) groups excluding carboxylic acids is 1. The van der Waals surface area contributed by atoms with Crippen molar-refractivity contribution in [2.45, 2.75) is 26.4 Å². The molecule has 1 aromatic carbocycles. The van der Waals surface area contributed by atoms with Crippen molar-refractivity contribution in [2.75, 3.05) is 26.5 Å². The van der Waals surface area contributed by atoms with Crippen LogP contribution in [0.25, 0.3) is 0 Å². The number of ether oxygens (including phenoxy) is 1. The average Bonchev–Trinajstić information content (AvgIpc) is 2.47. The van der Waals surface area contributed by atoms with Crippen LogP contribution in [0.2, 0.25) is 0 Å². The minimum absolute atomic E-state index is 0.142. The summed E-state index contributed by atoms with van der Waals surface area (Å²) >= 11 is 0.